The Bertz CT molecular complexity index is 448. The molecule has 19 heavy (non-hydrogen) atoms. The van der Waals surface area contributed by atoms with Crippen LogP contribution in [0.2, 0.25) is 0 Å². The van der Waals surface area contributed by atoms with E-state index in [-0.39, 0.29) is 12.5 Å². The predicted molar refractivity (Wildman–Crippen MR) is 81.7 cm³/mol. The van der Waals surface area contributed by atoms with E-state index < -0.39 is 0 Å². The van der Waals surface area contributed by atoms with Gasteiger partial charge in [0.15, 0.2) is 0 Å². The number of carbonyl (C=O) groups excluding carboxylic acids is 1. The zero-order chi connectivity index (χ0) is 14.3. The predicted octanol–water partition coefficient (Wildman–Crippen LogP) is 1.41. The highest BCUT2D eigenvalue weighted by atomic mass is 32.1. The number of hydrogen-bond acceptors (Lipinski definition) is 3. The summed E-state index contributed by atoms with van der Waals surface area (Å²) in [5, 5.41) is 0. The minimum absolute atomic E-state index is 0.256. The summed E-state index contributed by atoms with van der Waals surface area (Å²) in [6.07, 6.45) is 2.11. The zero-order valence-electron chi connectivity index (χ0n) is 11.3. The number of hydrogen-bond donors (Lipinski definition) is 2. The molecule has 0 saturated carbocycles. The van der Waals surface area contributed by atoms with Crippen LogP contribution in [0.15, 0.2) is 24.3 Å². The second kappa shape index (κ2) is 7.86. The molecule has 1 aromatic rings. The molecule has 0 radical (unpaired) electrons. The van der Waals surface area contributed by atoms with E-state index in [0.717, 1.165) is 30.5 Å². The standard InChI is InChI=1S/C14H21N3OS/c1-2-3-8-17(10-13(15)18)9-11-6-4-5-7-12(11)14(16)19/h4-7H,2-3,8-10H2,1H3,(H2,15,18)(H2,16,19). The largest absolute Gasteiger partial charge is 0.389 e. The maximum Gasteiger partial charge on any atom is 0.231 e. The summed E-state index contributed by atoms with van der Waals surface area (Å²) in [5.74, 6) is -0.316. The van der Waals surface area contributed by atoms with Crippen LogP contribution >= 0.6 is 12.2 Å². The molecule has 0 aromatic heterocycles. The number of primary amides is 1. The lowest BCUT2D eigenvalue weighted by Crippen LogP contribution is -2.34. The molecule has 0 aliphatic carbocycles. The van der Waals surface area contributed by atoms with Gasteiger partial charge >= 0.3 is 0 Å². The van der Waals surface area contributed by atoms with Crippen LogP contribution in [0.5, 0.6) is 0 Å². The third-order valence-electron chi connectivity index (χ3n) is 2.88. The molecule has 1 rings (SSSR count). The number of nitrogens with two attached hydrogens (primary N) is 2. The van der Waals surface area contributed by atoms with Crippen LogP contribution in [0.3, 0.4) is 0 Å². The normalized spacial score (nSPS) is 10.6. The van der Waals surface area contributed by atoms with Crippen LogP contribution in [0.1, 0.15) is 30.9 Å². The molecule has 0 aliphatic rings. The van der Waals surface area contributed by atoms with Crippen LogP contribution < -0.4 is 11.5 Å². The minimum Gasteiger partial charge on any atom is -0.389 e. The number of amides is 1. The highest BCUT2D eigenvalue weighted by molar-refractivity contribution is 7.80. The van der Waals surface area contributed by atoms with E-state index in [0.29, 0.717) is 11.5 Å². The van der Waals surface area contributed by atoms with Crippen molar-refractivity contribution in [3.05, 3.63) is 35.4 Å². The monoisotopic (exact) mass is 279 g/mol. The molecule has 0 saturated heterocycles. The van der Waals surface area contributed by atoms with Gasteiger partial charge in [0.1, 0.15) is 4.99 Å². The first kappa shape index (κ1) is 15.6. The Labute approximate surface area is 119 Å². The number of rotatable bonds is 8. The third-order valence-corrected chi connectivity index (χ3v) is 3.10. The van der Waals surface area contributed by atoms with Gasteiger partial charge in [-0.1, -0.05) is 49.8 Å². The molecule has 5 heteroatoms. The molecule has 0 atom stereocenters. The summed E-state index contributed by atoms with van der Waals surface area (Å²) >= 11 is 5.05. The Balaban J connectivity index is 2.82. The van der Waals surface area contributed by atoms with Crippen molar-refractivity contribution in [3.63, 3.8) is 0 Å². The molecular weight excluding hydrogens is 258 g/mol. The fraction of sp³-hybridized carbons (Fsp3) is 0.429. The lowest BCUT2D eigenvalue weighted by molar-refractivity contribution is -0.119. The smallest absolute Gasteiger partial charge is 0.231 e. The highest BCUT2D eigenvalue weighted by Crippen LogP contribution is 2.12. The minimum atomic E-state index is -0.316. The van der Waals surface area contributed by atoms with E-state index in [4.69, 9.17) is 23.7 Å². The van der Waals surface area contributed by atoms with Gasteiger partial charge < -0.3 is 11.5 Å². The average molecular weight is 279 g/mol. The van der Waals surface area contributed by atoms with E-state index in [1.165, 1.54) is 0 Å². The molecule has 0 spiro atoms. The van der Waals surface area contributed by atoms with Crippen molar-refractivity contribution in [2.24, 2.45) is 11.5 Å². The van der Waals surface area contributed by atoms with Gasteiger partial charge in [-0.05, 0) is 18.5 Å². The topological polar surface area (TPSA) is 72.3 Å². The van der Waals surface area contributed by atoms with Crippen LogP contribution in [0.4, 0.5) is 0 Å². The van der Waals surface area contributed by atoms with Crippen molar-refractivity contribution in [1.29, 1.82) is 0 Å². The van der Waals surface area contributed by atoms with Gasteiger partial charge in [0.2, 0.25) is 5.91 Å². The lowest BCUT2D eigenvalue weighted by atomic mass is 10.1. The number of thiocarbonyl (C=S) groups is 1. The number of unbranched alkanes of at least 4 members (excludes halogenated alkanes) is 1. The summed E-state index contributed by atoms with van der Waals surface area (Å²) in [6, 6.07) is 7.73. The van der Waals surface area contributed by atoms with Gasteiger partial charge in [-0.3, -0.25) is 9.69 Å². The highest BCUT2D eigenvalue weighted by Gasteiger charge is 2.12. The summed E-state index contributed by atoms with van der Waals surface area (Å²) < 4.78 is 0. The maximum absolute atomic E-state index is 11.1. The SMILES string of the molecule is CCCCN(CC(N)=O)Cc1ccccc1C(N)=S. The first-order valence-corrected chi connectivity index (χ1v) is 6.83. The summed E-state index contributed by atoms with van der Waals surface area (Å²) in [6.45, 7) is 3.85. The van der Waals surface area contributed by atoms with E-state index in [1.54, 1.807) is 0 Å². The summed E-state index contributed by atoms with van der Waals surface area (Å²) in [7, 11) is 0. The van der Waals surface area contributed by atoms with Crippen LogP contribution in [-0.2, 0) is 11.3 Å². The van der Waals surface area contributed by atoms with Crippen LogP contribution in [-0.4, -0.2) is 28.9 Å². The lowest BCUT2D eigenvalue weighted by Gasteiger charge is -2.21. The van der Waals surface area contributed by atoms with Crippen LogP contribution in [0, 0.1) is 0 Å². The molecule has 4 nitrogen and oxygen atoms in total. The zero-order valence-corrected chi connectivity index (χ0v) is 12.1. The van der Waals surface area contributed by atoms with E-state index >= 15 is 0 Å². The average Bonchev–Trinajstić information content (AvgIpc) is 2.35. The second-order valence-corrected chi connectivity index (χ2v) is 4.99. The number of nitrogens with zero attached hydrogens (tertiary/aromatic N) is 1. The molecule has 0 unspecified atom stereocenters. The van der Waals surface area contributed by atoms with Crippen molar-refractivity contribution in [3.8, 4) is 0 Å². The molecule has 104 valence electrons. The van der Waals surface area contributed by atoms with Crippen molar-refractivity contribution in [1.82, 2.24) is 4.90 Å². The summed E-state index contributed by atoms with van der Waals surface area (Å²) in [4.78, 5) is 13.5. The molecule has 1 aromatic carbocycles. The fourth-order valence-corrected chi connectivity index (χ4v) is 2.15. The third kappa shape index (κ3) is 5.36. The Hall–Kier alpha value is -1.46. The summed E-state index contributed by atoms with van der Waals surface area (Å²) in [5.41, 5.74) is 12.9. The van der Waals surface area contributed by atoms with Crippen molar-refractivity contribution in [2.45, 2.75) is 26.3 Å². The Morgan fingerprint density at radius 2 is 2.00 bits per heavy atom. The Morgan fingerprint density at radius 3 is 2.58 bits per heavy atom. The fourth-order valence-electron chi connectivity index (χ4n) is 1.96. The van der Waals surface area contributed by atoms with E-state index in [9.17, 15) is 4.79 Å². The Kier molecular flexibility index (Phi) is 6.45. The van der Waals surface area contributed by atoms with Gasteiger partial charge in [-0.2, -0.15) is 0 Å². The van der Waals surface area contributed by atoms with Gasteiger partial charge in [-0.25, -0.2) is 0 Å². The van der Waals surface area contributed by atoms with E-state index in [1.807, 2.05) is 29.2 Å². The first-order chi connectivity index (χ1) is 9.04. The van der Waals surface area contributed by atoms with Gasteiger partial charge in [0.05, 0.1) is 6.54 Å². The van der Waals surface area contributed by atoms with Crippen molar-refractivity contribution >= 4 is 23.1 Å². The molecule has 1 amide bonds. The van der Waals surface area contributed by atoms with E-state index in [2.05, 4.69) is 6.92 Å². The maximum atomic E-state index is 11.1. The quantitative estimate of drug-likeness (QED) is 0.706. The first-order valence-electron chi connectivity index (χ1n) is 6.43. The molecule has 0 heterocycles. The van der Waals surface area contributed by atoms with Crippen LogP contribution in [0.25, 0.3) is 0 Å². The number of benzene rings is 1. The molecule has 4 N–H and O–H groups in total. The molecule has 0 bridgehead atoms. The molecular formula is C14H21N3OS. The second-order valence-electron chi connectivity index (χ2n) is 4.55. The number of carbonyl (C=O) groups is 1. The van der Waals surface area contributed by atoms with Gasteiger partial charge in [-0.15, -0.1) is 0 Å². The van der Waals surface area contributed by atoms with Gasteiger partial charge in [0.25, 0.3) is 0 Å². The van der Waals surface area contributed by atoms with Crippen molar-refractivity contribution < 1.29 is 4.79 Å². The van der Waals surface area contributed by atoms with Gasteiger partial charge in [0, 0.05) is 12.1 Å². The molecule has 0 aliphatic heterocycles. The Morgan fingerprint density at radius 1 is 1.32 bits per heavy atom. The van der Waals surface area contributed by atoms with Crippen molar-refractivity contribution in [2.75, 3.05) is 13.1 Å². The molecule has 0 fully saturated rings.